The lowest BCUT2D eigenvalue weighted by atomic mass is 10.2. The number of nitrogens with one attached hydrogen (secondary N) is 1. The third-order valence-corrected chi connectivity index (χ3v) is 2.95. The van der Waals surface area contributed by atoms with Crippen LogP contribution in [-0.4, -0.2) is 20.8 Å². The lowest BCUT2D eigenvalue weighted by Crippen LogP contribution is -2.22. The zero-order valence-electron chi connectivity index (χ0n) is 10.8. The van der Waals surface area contributed by atoms with Gasteiger partial charge in [-0.05, 0) is 17.7 Å². The van der Waals surface area contributed by atoms with Gasteiger partial charge >= 0.3 is 0 Å². The van der Waals surface area contributed by atoms with E-state index < -0.39 is 0 Å². The highest BCUT2D eigenvalue weighted by Crippen LogP contribution is 2.20. The first-order valence-corrected chi connectivity index (χ1v) is 6.32. The molecule has 6 heteroatoms. The molecular formula is C13H14ClN5. The topological polar surface area (TPSA) is 66.5 Å². The molecule has 0 amide bonds. The molecule has 0 aliphatic carbocycles. The molecule has 5 nitrogen and oxygen atoms in total. The second-order valence-electron chi connectivity index (χ2n) is 4.44. The average molecular weight is 276 g/mol. The molecule has 0 aliphatic heterocycles. The molecule has 0 unspecified atom stereocenters. The van der Waals surface area contributed by atoms with Crippen molar-refractivity contribution in [2.75, 3.05) is 0 Å². The summed E-state index contributed by atoms with van der Waals surface area (Å²) < 4.78 is 1.53. The number of rotatable bonds is 4. The molecule has 2 aromatic rings. The minimum Gasteiger partial charge on any atom is -0.310 e. The molecule has 19 heavy (non-hydrogen) atoms. The molecule has 98 valence electrons. The van der Waals surface area contributed by atoms with E-state index in [2.05, 4.69) is 29.2 Å². The molecule has 1 aromatic heterocycles. The van der Waals surface area contributed by atoms with Crippen LogP contribution in [0.4, 0.5) is 0 Å². The molecule has 0 atom stereocenters. The Morgan fingerprint density at radius 3 is 2.84 bits per heavy atom. The minimum absolute atomic E-state index is 0.140. The van der Waals surface area contributed by atoms with Crippen LogP contribution >= 0.6 is 11.6 Å². The molecule has 0 saturated heterocycles. The quantitative estimate of drug-likeness (QED) is 0.930. The fourth-order valence-electron chi connectivity index (χ4n) is 1.57. The average Bonchev–Trinajstić information content (AvgIpc) is 2.85. The Kier molecular flexibility index (Phi) is 4.15. The van der Waals surface area contributed by atoms with Crippen LogP contribution in [0.3, 0.4) is 0 Å². The third-order valence-electron chi connectivity index (χ3n) is 2.59. The van der Waals surface area contributed by atoms with E-state index in [1.165, 1.54) is 11.0 Å². The molecular weight excluding hydrogens is 262 g/mol. The lowest BCUT2D eigenvalue weighted by molar-refractivity contribution is 0.589. The van der Waals surface area contributed by atoms with Crippen LogP contribution in [0.1, 0.15) is 25.2 Å². The van der Waals surface area contributed by atoms with Crippen LogP contribution in [0.15, 0.2) is 24.5 Å². The number of aromatic nitrogens is 3. The molecule has 0 saturated carbocycles. The molecule has 1 heterocycles. The maximum atomic E-state index is 8.70. The third kappa shape index (κ3) is 3.31. The Morgan fingerprint density at radius 1 is 1.47 bits per heavy atom. The van der Waals surface area contributed by atoms with Gasteiger partial charge in [-0.1, -0.05) is 31.5 Å². The van der Waals surface area contributed by atoms with Crippen molar-refractivity contribution >= 4 is 11.6 Å². The van der Waals surface area contributed by atoms with Gasteiger partial charge < -0.3 is 5.32 Å². The summed E-state index contributed by atoms with van der Waals surface area (Å²) in [6.45, 7) is 4.89. The second kappa shape index (κ2) is 5.83. The van der Waals surface area contributed by atoms with Gasteiger partial charge in [-0.3, -0.25) is 0 Å². The van der Waals surface area contributed by atoms with E-state index in [0.717, 1.165) is 17.8 Å². The van der Waals surface area contributed by atoms with E-state index >= 15 is 0 Å². The van der Waals surface area contributed by atoms with Crippen molar-refractivity contribution in [3.63, 3.8) is 0 Å². The highest BCUT2D eigenvalue weighted by Gasteiger charge is 2.06. The van der Waals surface area contributed by atoms with Crippen LogP contribution in [0.25, 0.3) is 5.69 Å². The van der Waals surface area contributed by atoms with E-state index in [9.17, 15) is 0 Å². The van der Waals surface area contributed by atoms with Crippen LogP contribution in [0, 0.1) is 11.3 Å². The number of benzene rings is 1. The highest BCUT2D eigenvalue weighted by molar-refractivity contribution is 6.31. The van der Waals surface area contributed by atoms with Crippen molar-refractivity contribution in [1.29, 1.82) is 5.26 Å². The fourth-order valence-corrected chi connectivity index (χ4v) is 1.82. The predicted molar refractivity (Wildman–Crippen MR) is 73.1 cm³/mol. The second-order valence-corrected chi connectivity index (χ2v) is 4.84. The summed E-state index contributed by atoms with van der Waals surface area (Å²) in [4.78, 5) is 3.86. The first kappa shape index (κ1) is 13.5. The van der Waals surface area contributed by atoms with Crippen LogP contribution in [-0.2, 0) is 6.54 Å². The van der Waals surface area contributed by atoms with Crippen LogP contribution in [0.2, 0.25) is 5.02 Å². The van der Waals surface area contributed by atoms with Crippen molar-refractivity contribution in [2.24, 2.45) is 0 Å². The lowest BCUT2D eigenvalue weighted by Gasteiger charge is -2.10. The van der Waals surface area contributed by atoms with E-state index in [1.807, 2.05) is 24.3 Å². The number of nitriles is 1. The van der Waals surface area contributed by atoms with Crippen molar-refractivity contribution in [1.82, 2.24) is 20.1 Å². The van der Waals surface area contributed by atoms with Gasteiger partial charge in [0.15, 0.2) is 0 Å². The maximum Gasteiger partial charge on any atom is 0.252 e. The Labute approximate surface area is 116 Å². The molecule has 1 aromatic carbocycles. The minimum atomic E-state index is 0.140. The summed E-state index contributed by atoms with van der Waals surface area (Å²) >= 11 is 6.24. The monoisotopic (exact) mass is 275 g/mol. The summed E-state index contributed by atoms with van der Waals surface area (Å²) in [5, 5.41) is 16.7. The number of hydrogen-bond donors (Lipinski definition) is 1. The van der Waals surface area contributed by atoms with E-state index in [4.69, 9.17) is 16.9 Å². The Morgan fingerprint density at radius 2 is 2.26 bits per heavy atom. The maximum absolute atomic E-state index is 8.70. The van der Waals surface area contributed by atoms with Gasteiger partial charge in [-0.15, -0.1) is 5.10 Å². The predicted octanol–water partition coefficient (Wildman–Crippen LogP) is 2.29. The van der Waals surface area contributed by atoms with Gasteiger partial charge in [0.05, 0.1) is 5.69 Å². The molecule has 0 aliphatic rings. The molecule has 0 radical (unpaired) electrons. The smallest absolute Gasteiger partial charge is 0.252 e. The van der Waals surface area contributed by atoms with Gasteiger partial charge in [0.1, 0.15) is 12.4 Å². The molecule has 1 N–H and O–H groups in total. The van der Waals surface area contributed by atoms with Crippen molar-refractivity contribution in [3.8, 4) is 11.8 Å². The van der Waals surface area contributed by atoms with E-state index in [-0.39, 0.29) is 5.82 Å². The van der Waals surface area contributed by atoms with E-state index in [0.29, 0.717) is 11.1 Å². The molecule has 0 spiro atoms. The molecule has 2 rings (SSSR count). The number of halogens is 1. The number of hydrogen-bond acceptors (Lipinski definition) is 4. The summed E-state index contributed by atoms with van der Waals surface area (Å²) in [5.74, 6) is 0.140. The van der Waals surface area contributed by atoms with Crippen molar-refractivity contribution < 1.29 is 0 Å². The summed E-state index contributed by atoms with van der Waals surface area (Å²) in [6, 6.07) is 7.96. The SMILES string of the molecule is CC(C)NCc1ccc(-n2cnc(C#N)n2)cc1Cl. The molecule has 0 bridgehead atoms. The number of nitrogens with zero attached hydrogens (tertiary/aromatic N) is 4. The van der Waals surface area contributed by atoms with Gasteiger partial charge in [0.2, 0.25) is 0 Å². The first-order chi connectivity index (χ1) is 9.10. The van der Waals surface area contributed by atoms with E-state index in [1.54, 1.807) is 0 Å². The fraction of sp³-hybridized carbons (Fsp3) is 0.308. The zero-order valence-corrected chi connectivity index (χ0v) is 11.5. The highest BCUT2D eigenvalue weighted by atomic mass is 35.5. The van der Waals surface area contributed by atoms with Crippen molar-refractivity contribution in [2.45, 2.75) is 26.4 Å². The van der Waals surface area contributed by atoms with Crippen LogP contribution in [0.5, 0.6) is 0 Å². The van der Waals surface area contributed by atoms with Gasteiger partial charge in [0, 0.05) is 17.6 Å². The normalized spacial score (nSPS) is 10.7. The largest absolute Gasteiger partial charge is 0.310 e. The summed E-state index contributed by atoms with van der Waals surface area (Å²) in [7, 11) is 0. The zero-order chi connectivity index (χ0) is 13.8. The Bertz CT molecular complexity index is 612. The van der Waals surface area contributed by atoms with Crippen molar-refractivity contribution in [3.05, 3.63) is 40.9 Å². The Balaban J connectivity index is 2.21. The first-order valence-electron chi connectivity index (χ1n) is 5.94. The van der Waals surface area contributed by atoms with Crippen LogP contribution < -0.4 is 5.32 Å². The van der Waals surface area contributed by atoms with Gasteiger partial charge in [-0.25, -0.2) is 9.67 Å². The van der Waals surface area contributed by atoms with Gasteiger partial charge in [-0.2, -0.15) is 5.26 Å². The van der Waals surface area contributed by atoms with Gasteiger partial charge in [0.25, 0.3) is 5.82 Å². The molecule has 0 fully saturated rings. The summed E-state index contributed by atoms with van der Waals surface area (Å²) in [5.41, 5.74) is 1.81. The summed E-state index contributed by atoms with van der Waals surface area (Å²) in [6.07, 6.45) is 1.50. The standard InChI is InChI=1S/C13H14ClN5/c1-9(2)16-7-10-3-4-11(5-12(10)14)19-8-17-13(6-15)18-19/h3-5,8-9,16H,7H2,1-2H3. The Hall–Kier alpha value is -1.90.